The molecule has 0 aliphatic rings. The summed E-state index contributed by atoms with van der Waals surface area (Å²) >= 11 is 1.15. The molecule has 0 fully saturated rings. The molecule has 4 N–H and O–H groups in total. The molecule has 0 saturated heterocycles. The van der Waals surface area contributed by atoms with Crippen molar-refractivity contribution in [2.24, 2.45) is 17.6 Å². The van der Waals surface area contributed by atoms with Crippen LogP contribution in [0, 0.1) is 11.8 Å². The largest absolute Gasteiger partial charge is 0.481 e. The molecule has 0 aromatic carbocycles. The van der Waals surface area contributed by atoms with Crippen molar-refractivity contribution in [3.8, 4) is 0 Å². The van der Waals surface area contributed by atoms with E-state index in [1.165, 1.54) is 4.90 Å². The highest BCUT2D eigenvalue weighted by Gasteiger charge is 2.41. The van der Waals surface area contributed by atoms with Crippen LogP contribution >= 0.6 is 11.8 Å². The second kappa shape index (κ2) is 13.5. The molecule has 2 amide bonds. The van der Waals surface area contributed by atoms with Gasteiger partial charge in [-0.05, 0) is 33.6 Å². The van der Waals surface area contributed by atoms with E-state index >= 15 is 0 Å². The van der Waals surface area contributed by atoms with Crippen LogP contribution in [0.4, 0.5) is 0 Å². The van der Waals surface area contributed by atoms with Crippen molar-refractivity contribution in [2.75, 3.05) is 33.0 Å². The summed E-state index contributed by atoms with van der Waals surface area (Å²) in [5, 5.41) is 11.8. The van der Waals surface area contributed by atoms with E-state index < -0.39 is 28.5 Å². The Balaban J connectivity index is 5.61. The molecule has 174 valence electrons. The molecule has 10 heteroatoms. The average Bonchev–Trinajstić information content (AvgIpc) is 2.63. The lowest BCUT2D eigenvalue weighted by Crippen LogP contribution is -2.43. The van der Waals surface area contributed by atoms with E-state index in [-0.39, 0.29) is 56.0 Å². The van der Waals surface area contributed by atoms with Crippen molar-refractivity contribution >= 4 is 35.5 Å². The molecule has 0 aliphatic heterocycles. The molecule has 0 aliphatic carbocycles. The number of carbonyl (C=O) groups is 4. The van der Waals surface area contributed by atoms with E-state index in [1.807, 2.05) is 13.8 Å². The van der Waals surface area contributed by atoms with E-state index in [2.05, 4.69) is 5.32 Å². The third-order valence-corrected chi connectivity index (χ3v) is 5.84. The Hall–Kier alpha value is -1.81. The summed E-state index contributed by atoms with van der Waals surface area (Å²) in [4.78, 5) is 50.3. The zero-order chi connectivity index (χ0) is 23.5. The summed E-state index contributed by atoms with van der Waals surface area (Å²) in [5.74, 6) is -2.73. The lowest BCUT2D eigenvalue weighted by Gasteiger charge is -2.32. The number of carbonyl (C=O) groups excluding carboxylic acids is 3. The minimum atomic E-state index is -1.14. The molecule has 0 aromatic heterocycles. The number of nitrogens with one attached hydrogen (secondary N) is 1. The van der Waals surface area contributed by atoms with Crippen LogP contribution in [0.3, 0.4) is 0 Å². The number of amides is 2. The van der Waals surface area contributed by atoms with Gasteiger partial charge in [-0.3, -0.25) is 19.2 Å². The molecule has 30 heavy (non-hydrogen) atoms. The molecule has 0 rings (SSSR count). The number of carboxylic acids is 1. The Morgan fingerprint density at radius 3 is 2.27 bits per heavy atom. The van der Waals surface area contributed by atoms with Crippen LogP contribution in [0.1, 0.15) is 47.0 Å². The van der Waals surface area contributed by atoms with Gasteiger partial charge in [0.05, 0.1) is 6.42 Å². The first kappa shape index (κ1) is 28.2. The van der Waals surface area contributed by atoms with Crippen molar-refractivity contribution in [1.82, 2.24) is 10.2 Å². The first-order chi connectivity index (χ1) is 13.8. The number of esters is 1. The molecule has 0 radical (unpaired) electrons. The molecule has 0 aromatic rings. The molecular weight excluding hydrogens is 410 g/mol. The zero-order valence-electron chi connectivity index (χ0n) is 18.9. The average molecular weight is 448 g/mol. The molecule has 0 heterocycles. The van der Waals surface area contributed by atoms with E-state index in [4.69, 9.17) is 15.6 Å². The fourth-order valence-electron chi connectivity index (χ4n) is 2.94. The fourth-order valence-corrected chi connectivity index (χ4v) is 4.16. The smallest absolute Gasteiger partial charge is 0.321 e. The number of ether oxygens (including phenoxy) is 1. The molecule has 0 saturated carbocycles. The highest BCUT2D eigenvalue weighted by molar-refractivity contribution is 8.01. The highest BCUT2D eigenvalue weighted by Crippen LogP contribution is 2.36. The maximum absolute atomic E-state index is 12.8. The molecular formula is C20H37N3O6S. The first-order valence-electron chi connectivity index (χ1n) is 10.1. The van der Waals surface area contributed by atoms with Gasteiger partial charge in [0.2, 0.25) is 11.8 Å². The number of nitrogens with two attached hydrogens (primary N) is 1. The fraction of sp³-hybridized carbons (Fsp3) is 0.800. The van der Waals surface area contributed by atoms with Gasteiger partial charge in [0, 0.05) is 44.3 Å². The number of carboxylic acid groups (broad SMARTS) is 1. The van der Waals surface area contributed by atoms with Crippen LogP contribution in [0.2, 0.25) is 0 Å². The third-order valence-electron chi connectivity index (χ3n) is 4.46. The van der Waals surface area contributed by atoms with Crippen LogP contribution in [0.5, 0.6) is 0 Å². The molecule has 3 atom stereocenters. The number of aliphatic carboxylic acids is 1. The predicted octanol–water partition coefficient (Wildman–Crippen LogP) is 1.10. The highest BCUT2D eigenvalue weighted by atomic mass is 32.2. The summed E-state index contributed by atoms with van der Waals surface area (Å²) < 4.78 is 4.08. The Kier molecular flexibility index (Phi) is 12.7. The van der Waals surface area contributed by atoms with Crippen molar-refractivity contribution in [2.45, 2.75) is 57.7 Å². The minimum Gasteiger partial charge on any atom is -0.481 e. The van der Waals surface area contributed by atoms with E-state index in [1.54, 1.807) is 27.9 Å². The van der Waals surface area contributed by atoms with Gasteiger partial charge >= 0.3 is 11.9 Å². The maximum Gasteiger partial charge on any atom is 0.321 e. The SMILES string of the molecule is CC(C)NC(=O)C(C)CC(CC(C)(SCCC(=O)O)C(=O)OCCN)C(=O)N(C)C. The third kappa shape index (κ3) is 10.3. The molecule has 0 bridgehead atoms. The predicted molar refractivity (Wildman–Crippen MR) is 117 cm³/mol. The maximum atomic E-state index is 12.8. The molecule has 9 nitrogen and oxygen atoms in total. The van der Waals surface area contributed by atoms with Crippen molar-refractivity contribution < 1.29 is 29.0 Å². The molecule has 3 unspecified atom stereocenters. The van der Waals surface area contributed by atoms with Gasteiger partial charge < -0.3 is 25.8 Å². The number of nitrogens with zero attached hydrogens (tertiary/aromatic N) is 1. The van der Waals surface area contributed by atoms with Crippen LogP contribution in [-0.4, -0.2) is 77.5 Å². The molecule has 0 spiro atoms. The Morgan fingerprint density at radius 2 is 1.80 bits per heavy atom. The van der Waals surface area contributed by atoms with Gasteiger partial charge in [0.15, 0.2) is 0 Å². The van der Waals surface area contributed by atoms with Crippen LogP contribution < -0.4 is 11.1 Å². The lowest BCUT2D eigenvalue weighted by molar-refractivity contribution is -0.147. The summed E-state index contributed by atoms with van der Waals surface area (Å²) in [6.45, 7) is 7.30. The second-order valence-corrected chi connectivity index (χ2v) is 9.68. The summed E-state index contributed by atoms with van der Waals surface area (Å²) in [6, 6.07) is -0.0222. The summed E-state index contributed by atoms with van der Waals surface area (Å²) in [6.07, 6.45) is 0.260. The number of rotatable bonds is 14. The van der Waals surface area contributed by atoms with Gasteiger partial charge in [0.1, 0.15) is 11.4 Å². The number of hydrogen-bond acceptors (Lipinski definition) is 7. The van der Waals surface area contributed by atoms with E-state index in [9.17, 15) is 19.2 Å². The van der Waals surface area contributed by atoms with Crippen molar-refractivity contribution in [3.63, 3.8) is 0 Å². The van der Waals surface area contributed by atoms with Gasteiger partial charge in [-0.1, -0.05) is 6.92 Å². The zero-order valence-corrected chi connectivity index (χ0v) is 19.7. The van der Waals surface area contributed by atoms with Gasteiger partial charge in [-0.2, -0.15) is 0 Å². The van der Waals surface area contributed by atoms with Gasteiger partial charge in [-0.25, -0.2) is 0 Å². The van der Waals surface area contributed by atoms with E-state index in [0.717, 1.165) is 11.8 Å². The van der Waals surface area contributed by atoms with Crippen LogP contribution in [0.15, 0.2) is 0 Å². The van der Waals surface area contributed by atoms with Crippen molar-refractivity contribution in [1.29, 1.82) is 0 Å². The summed E-state index contributed by atoms with van der Waals surface area (Å²) in [5.41, 5.74) is 5.42. The normalized spacial score (nSPS) is 15.1. The quantitative estimate of drug-likeness (QED) is 0.336. The van der Waals surface area contributed by atoms with Gasteiger partial charge in [-0.15, -0.1) is 11.8 Å². The number of thioether (sulfide) groups is 1. The van der Waals surface area contributed by atoms with Crippen LogP contribution in [0.25, 0.3) is 0 Å². The Bertz CT molecular complexity index is 599. The number of hydrogen-bond donors (Lipinski definition) is 3. The Morgan fingerprint density at radius 1 is 1.20 bits per heavy atom. The lowest BCUT2D eigenvalue weighted by atomic mass is 9.86. The van der Waals surface area contributed by atoms with Gasteiger partial charge in [0.25, 0.3) is 0 Å². The standard InChI is InChI=1S/C20H37N3O6S/c1-13(2)22-17(26)14(3)11-15(18(27)23(5)6)12-20(4,19(28)29-9-8-21)30-10-7-16(24)25/h13-15H,7-12,21H2,1-6H3,(H,22,26)(H,24,25). The van der Waals surface area contributed by atoms with Crippen molar-refractivity contribution in [3.05, 3.63) is 0 Å². The summed E-state index contributed by atoms with van der Waals surface area (Å²) in [7, 11) is 3.24. The minimum absolute atomic E-state index is 0.0222. The topological polar surface area (TPSA) is 139 Å². The Labute approximate surface area is 183 Å². The second-order valence-electron chi connectivity index (χ2n) is 8.08. The first-order valence-corrected chi connectivity index (χ1v) is 11.1. The monoisotopic (exact) mass is 447 g/mol. The van der Waals surface area contributed by atoms with E-state index in [0.29, 0.717) is 0 Å². The van der Waals surface area contributed by atoms with Crippen LogP contribution in [-0.2, 0) is 23.9 Å².